The largest absolute Gasteiger partial charge is 0.504 e. The Hall–Kier alpha value is -2.40. The number of phenols is 2. The van der Waals surface area contributed by atoms with Crippen LogP contribution in [0.15, 0.2) is 24.3 Å². The van der Waals surface area contributed by atoms with Gasteiger partial charge in [0.05, 0.1) is 14.2 Å². The van der Waals surface area contributed by atoms with E-state index in [4.69, 9.17) is 9.47 Å². The molecule has 0 spiro atoms. The second-order valence-corrected chi connectivity index (χ2v) is 6.42. The van der Waals surface area contributed by atoms with Crippen LogP contribution in [-0.4, -0.2) is 35.9 Å². The second kappa shape index (κ2) is 5.60. The molecule has 5 nitrogen and oxygen atoms in total. The molecule has 0 saturated heterocycles. The molecule has 0 aliphatic carbocycles. The lowest BCUT2D eigenvalue weighted by atomic mass is 9.83. The van der Waals surface area contributed by atoms with Gasteiger partial charge in [-0.15, -0.1) is 0 Å². The Morgan fingerprint density at radius 1 is 1.04 bits per heavy atom. The highest BCUT2D eigenvalue weighted by atomic mass is 16.5. The maximum absolute atomic E-state index is 9.91. The highest BCUT2D eigenvalue weighted by Crippen LogP contribution is 2.45. The Labute approximate surface area is 141 Å². The van der Waals surface area contributed by atoms with E-state index in [0.29, 0.717) is 0 Å². The average Bonchev–Trinajstić information content (AvgIpc) is 2.60. The van der Waals surface area contributed by atoms with Crippen LogP contribution in [0.2, 0.25) is 0 Å². The molecule has 0 aromatic heterocycles. The number of ether oxygens (including phenoxy) is 2. The Morgan fingerprint density at radius 3 is 2.58 bits per heavy atom. The van der Waals surface area contributed by atoms with Crippen molar-refractivity contribution in [1.29, 1.82) is 0 Å². The van der Waals surface area contributed by atoms with E-state index in [1.807, 2.05) is 6.07 Å². The number of nitrogens with zero attached hydrogens (tertiary/aromatic N) is 1. The van der Waals surface area contributed by atoms with E-state index in [1.165, 1.54) is 11.1 Å². The highest BCUT2D eigenvalue weighted by Gasteiger charge is 2.34. The van der Waals surface area contributed by atoms with Gasteiger partial charge in [0.25, 0.3) is 0 Å². The smallest absolute Gasteiger partial charge is 0.165 e. The van der Waals surface area contributed by atoms with Crippen LogP contribution in [0.3, 0.4) is 0 Å². The minimum atomic E-state index is -0.0475. The van der Waals surface area contributed by atoms with E-state index >= 15 is 0 Å². The van der Waals surface area contributed by atoms with Crippen molar-refractivity contribution in [3.63, 3.8) is 0 Å². The van der Waals surface area contributed by atoms with Crippen LogP contribution < -0.4 is 9.47 Å². The number of phenolic OH excluding ortho intramolecular Hbond substituents is 2. The maximum Gasteiger partial charge on any atom is 0.165 e. The zero-order chi connectivity index (χ0) is 16.8. The summed E-state index contributed by atoms with van der Waals surface area (Å²) >= 11 is 0. The van der Waals surface area contributed by atoms with E-state index in [1.54, 1.807) is 26.4 Å². The summed E-state index contributed by atoms with van der Waals surface area (Å²) in [6, 6.07) is 7.68. The minimum absolute atomic E-state index is 0.0372. The molecule has 126 valence electrons. The van der Waals surface area contributed by atoms with Crippen molar-refractivity contribution in [2.45, 2.75) is 25.4 Å². The summed E-state index contributed by atoms with van der Waals surface area (Å²) in [7, 11) is 3.33. The third-order valence-corrected chi connectivity index (χ3v) is 5.22. The number of benzene rings is 2. The fourth-order valence-electron chi connectivity index (χ4n) is 4.02. The quantitative estimate of drug-likeness (QED) is 0.831. The first-order valence-electron chi connectivity index (χ1n) is 8.14. The third-order valence-electron chi connectivity index (χ3n) is 5.22. The van der Waals surface area contributed by atoms with Gasteiger partial charge in [0.15, 0.2) is 23.0 Å². The van der Waals surface area contributed by atoms with Gasteiger partial charge in [-0.3, -0.25) is 4.90 Å². The average molecular weight is 327 g/mol. The lowest BCUT2D eigenvalue weighted by Gasteiger charge is -2.42. The van der Waals surface area contributed by atoms with Crippen molar-refractivity contribution >= 4 is 0 Å². The SMILES string of the molecule is COc1ccc2c(c1OC)CN1CCc3cc(O)c(O)cc3[C@@H]1C2. The van der Waals surface area contributed by atoms with E-state index in [0.717, 1.165) is 48.6 Å². The Kier molecular flexibility index (Phi) is 3.53. The zero-order valence-corrected chi connectivity index (χ0v) is 13.9. The molecule has 0 radical (unpaired) electrons. The monoisotopic (exact) mass is 327 g/mol. The molecule has 0 fully saturated rings. The summed E-state index contributed by atoms with van der Waals surface area (Å²) in [5.74, 6) is 1.49. The lowest BCUT2D eigenvalue weighted by molar-refractivity contribution is 0.157. The van der Waals surface area contributed by atoms with Gasteiger partial charge in [0.2, 0.25) is 0 Å². The molecule has 24 heavy (non-hydrogen) atoms. The number of hydrogen-bond donors (Lipinski definition) is 2. The fraction of sp³-hybridized carbons (Fsp3) is 0.368. The van der Waals surface area contributed by atoms with Gasteiger partial charge in [-0.05, 0) is 47.7 Å². The topological polar surface area (TPSA) is 62.2 Å². The number of rotatable bonds is 2. The van der Waals surface area contributed by atoms with Gasteiger partial charge < -0.3 is 19.7 Å². The molecule has 2 aliphatic rings. The molecular formula is C19H21NO4. The summed E-state index contributed by atoms with van der Waals surface area (Å²) in [6.07, 6.45) is 1.72. The van der Waals surface area contributed by atoms with Crippen LogP contribution in [0.25, 0.3) is 0 Å². The predicted octanol–water partition coefficient (Wildman–Crippen LogP) is 2.77. The van der Waals surface area contributed by atoms with Gasteiger partial charge in [0, 0.05) is 24.7 Å². The Bertz CT molecular complexity index is 802. The number of fused-ring (bicyclic) bond motifs is 4. The van der Waals surface area contributed by atoms with Crippen LogP contribution >= 0.6 is 0 Å². The lowest BCUT2D eigenvalue weighted by Crippen LogP contribution is -2.39. The van der Waals surface area contributed by atoms with Crippen molar-refractivity contribution in [2.75, 3.05) is 20.8 Å². The third kappa shape index (κ3) is 2.19. The molecule has 0 amide bonds. The summed E-state index contributed by atoms with van der Waals surface area (Å²) in [6.45, 7) is 1.71. The first-order chi connectivity index (χ1) is 11.6. The standard InChI is InChI=1S/C19H21NO4/c1-23-18-4-3-11-7-15-13-9-17(22)16(21)8-12(13)5-6-20(15)10-14(11)19(18)24-2/h3-4,8-9,15,21-22H,5-7,10H2,1-2H3/t15-/m0/s1. The van der Waals surface area contributed by atoms with E-state index < -0.39 is 0 Å². The Morgan fingerprint density at radius 2 is 1.83 bits per heavy atom. The van der Waals surface area contributed by atoms with Crippen molar-refractivity contribution < 1.29 is 19.7 Å². The molecule has 0 unspecified atom stereocenters. The summed E-state index contributed by atoms with van der Waals surface area (Å²) in [4.78, 5) is 2.41. The van der Waals surface area contributed by atoms with Gasteiger partial charge in [-0.1, -0.05) is 6.07 Å². The molecule has 5 heteroatoms. The maximum atomic E-state index is 9.91. The molecule has 0 saturated carbocycles. The van der Waals surface area contributed by atoms with Crippen molar-refractivity contribution in [3.05, 3.63) is 46.5 Å². The molecule has 1 atom stereocenters. The summed E-state index contributed by atoms with van der Waals surface area (Å²) in [5, 5.41) is 19.7. The summed E-state index contributed by atoms with van der Waals surface area (Å²) in [5.41, 5.74) is 4.65. The molecule has 4 rings (SSSR count). The van der Waals surface area contributed by atoms with Gasteiger partial charge in [0.1, 0.15) is 0 Å². The van der Waals surface area contributed by atoms with Crippen molar-refractivity contribution in [2.24, 2.45) is 0 Å². The van der Waals surface area contributed by atoms with Crippen LogP contribution in [0.4, 0.5) is 0 Å². The molecule has 2 aliphatic heterocycles. The molecule has 2 aromatic carbocycles. The van der Waals surface area contributed by atoms with E-state index in [9.17, 15) is 10.2 Å². The van der Waals surface area contributed by atoms with E-state index in [2.05, 4.69) is 11.0 Å². The molecule has 2 heterocycles. The van der Waals surface area contributed by atoms with Crippen LogP contribution in [0, 0.1) is 0 Å². The van der Waals surface area contributed by atoms with Crippen molar-refractivity contribution in [1.82, 2.24) is 4.90 Å². The fourth-order valence-corrected chi connectivity index (χ4v) is 4.02. The normalized spacial score (nSPS) is 19.2. The van der Waals surface area contributed by atoms with Gasteiger partial charge >= 0.3 is 0 Å². The van der Waals surface area contributed by atoms with Crippen LogP contribution in [0.5, 0.6) is 23.0 Å². The van der Waals surface area contributed by atoms with Crippen LogP contribution in [0.1, 0.15) is 28.3 Å². The van der Waals surface area contributed by atoms with E-state index in [-0.39, 0.29) is 17.5 Å². The zero-order valence-electron chi connectivity index (χ0n) is 13.9. The van der Waals surface area contributed by atoms with Crippen LogP contribution in [-0.2, 0) is 19.4 Å². The molecular weight excluding hydrogens is 306 g/mol. The highest BCUT2D eigenvalue weighted by molar-refractivity contribution is 5.54. The summed E-state index contributed by atoms with van der Waals surface area (Å²) < 4.78 is 11.0. The minimum Gasteiger partial charge on any atom is -0.504 e. The first kappa shape index (κ1) is 15.1. The van der Waals surface area contributed by atoms with Crippen molar-refractivity contribution in [3.8, 4) is 23.0 Å². The molecule has 0 bridgehead atoms. The Balaban J connectivity index is 1.78. The number of hydrogen-bond acceptors (Lipinski definition) is 5. The number of aromatic hydroxyl groups is 2. The first-order valence-corrected chi connectivity index (χ1v) is 8.14. The molecule has 2 aromatic rings. The van der Waals surface area contributed by atoms with Gasteiger partial charge in [-0.2, -0.15) is 0 Å². The molecule has 2 N–H and O–H groups in total. The van der Waals surface area contributed by atoms with Gasteiger partial charge in [-0.25, -0.2) is 0 Å². The number of methoxy groups -OCH3 is 2. The predicted molar refractivity (Wildman–Crippen MR) is 89.9 cm³/mol. The second-order valence-electron chi connectivity index (χ2n) is 6.42.